The molecule has 0 aromatic carbocycles. The number of anilines is 1. The number of nitrogens with two attached hydrogens (primary N) is 1. The van der Waals surface area contributed by atoms with Crippen LogP contribution in [0.4, 0.5) is 5.95 Å². The number of methoxy groups -OCH3 is 1. The summed E-state index contributed by atoms with van der Waals surface area (Å²) in [4.78, 5) is 13.7. The quantitative estimate of drug-likeness (QED) is 0.729. The fourth-order valence-electron chi connectivity index (χ4n) is 1.23. The van der Waals surface area contributed by atoms with Gasteiger partial charge in [0, 0.05) is 19.1 Å². The lowest BCUT2D eigenvalue weighted by Crippen LogP contribution is -2.56. The van der Waals surface area contributed by atoms with Crippen LogP contribution in [-0.4, -0.2) is 41.2 Å². The summed E-state index contributed by atoms with van der Waals surface area (Å²) in [6.07, 6.45) is 0. The summed E-state index contributed by atoms with van der Waals surface area (Å²) >= 11 is 5.69. The smallest absolute Gasteiger partial charge is 0.322 e. The number of ether oxygens (including phenoxy) is 1. The molecule has 0 saturated carbocycles. The first-order valence-corrected chi connectivity index (χ1v) is 4.53. The molecule has 0 radical (unpaired) electrons. The van der Waals surface area contributed by atoms with Crippen LogP contribution in [0, 0.1) is 0 Å². The van der Waals surface area contributed by atoms with E-state index in [-0.39, 0.29) is 17.3 Å². The number of aromatic nitrogens is 3. The maximum atomic E-state index is 5.69. The maximum absolute atomic E-state index is 5.69. The SMILES string of the molecule is COc1nc(Cl)nc(N2CC(N)C2)n1. The summed E-state index contributed by atoms with van der Waals surface area (Å²) in [5.41, 5.74) is 5.64. The molecule has 1 aliphatic rings. The third-order valence-corrected chi connectivity index (χ3v) is 2.12. The highest BCUT2D eigenvalue weighted by molar-refractivity contribution is 6.28. The minimum absolute atomic E-state index is 0.132. The molecule has 6 nitrogen and oxygen atoms in total. The Balaban J connectivity index is 2.21. The first kappa shape index (κ1) is 9.42. The molecule has 7 heteroatoms. The minimum atomic E-state index is 0.132. The van der Waals surface area contributed by atoms with Gasteiger partial charge >= 0.3 is 6.01 Å². The summed E-state index contributed by atoms with van der Waals surface area (Å²) in [7, 11) is 1.48. The summed E-state index contributed by atoms with van der Waals surface area (Å²) in [6, 6.07) is 0.414. The van der Waals surface area contributed by atoms with Crippen molar-refractivity contribution in [1.29, 1.82) is 0 Å². The molecule has 2 rings (SSSR count). The van der Waals surface area contributed by atoms with E-state index in [9.17, 15) is 0 Å². The van der Waals surface area contributed by atoms with Crippen LogP contribution in [0.5, 0.6) is 6.01 Å². The second-order valence-electron chi connectivity index (χ2n) is 3.06. The van der Waals surface area contributed by atoms with Crippen molar-refractivity contribution in [2.24, 2.45) is 5.73 Å². The van der Waals surface area contributed by atoms with Crippen LogP contribution in [0.1, 0.15) is 0 Å². The van der Waals surface area contributed by atoms with Crippen molar-refractivity contribution in [1.82, 2.24) is 15.0 Å². The second kappa shape index (κ2) is 3.55. The lowest BCUT2D eigenvalue weighted by molar-refractivity contribution is 0.376. The molecule has 1 aromatic heterocycles. The van der Waals surface area contributed by atoms with E-state index in [0.29, 0.717) is 5.95 Å². The highest BCUT2D eigenvalue weighted by Crippen LogP contribution is 2.18. The standard InChI is InChI=1S/C7H10ClN5O/c1-14-7-11-5(8)10-6(12-7)13-2-4(9)3-13/h4H,2-3,9H2,1H3. The first-order valence-electron chi connectivity index (χ1n) is 4.15. The molecule has 0 unspecified atom stereocenters. The van der Waals surface area contributed by atoms with E-state index in [1.54, 1.807) is 0 Å². The number of hydrogen-bond donors (Lipinski definition) is 1. The van der Waals surface area contributed by atoms with Crippen LogP contribution in [0.2, 0.25) is 5.28 Å². The lowest BCUT2D eigenvalue weighted by atomic mass is 10.1. The van der Waals surface area contributed by atoms with Crippen molar-refractivity contribution < 1.29 is 4.74 Å². The van der Waals surface area contributed by atoms with Gasteiger partial charge in [0.05, 0.1) is 7.11 Å². The minimum Gasteiger partial charge on any atom is -0.467 e. The Bertz CT molecular complexity index is 341. The Morgan fingerprint density at radius 1 is 1.43 bits per heavy atom. The molecule has 0 atom stereocenters. The van der Waals surface area contributed by atoms with Gasteiger partial charge in [0.2, 0.25) is 11.2 Å². The number of halogens is 1. The van der Waals surface area contributed by atoms with Crippen LogP contribution < -0.4 is 15.4 Å². The van der Waals surface area contributed by atoms with Gasteiger partial charge in [0.25, 0.3) is 0 Å². The van der Waals surface area contributed by atoms with E-state index in [4.69, 9.17) is 22.1 Å². The average Bonchev–Trinajstić information content (AvgIpc) is 2.12. The van der Waals surface area contributed by atoms with Crippen molar-refractivity contribution in [3.63, 3.8) is 0 Å². The molecule has 0 aliphatic carbocycles. The van der Waals surface area contributed by atoms with Crippen molar-refractivity contribution >= 4 is 17.5 Å². The van der Waals surface area contributed by atoms with E-state index in [2.05, 4.69) is 15.0 Å². The first-order chi connectivity index (χ1) is 6.69. The Labute approximate surface area is 86.1 Å². The molecular formula is C7H10ClN5O. The van der Waals surface area contributed by atoms with Crippen LogP contribution in [-0.2, 0) is 0 Å². The molecule has 1 aliphatic heterocycles. The van der Waals surface area contributed by atoms with Crippen molar-refractivity contribution in [2.45, 2.75) is 6.04 Å². The largest absolute Gasteiger partial charge is 0.467 e. The molecule has 2 heterocycles. The molecule has 1 aromatic rings. The van der Waals surface area contributed by atoms with Gasteiger partial charge in [0.1, 0.15) is 0 Å². The summed E-state index contributed by atoms with van der Waals surface area (Å²) in [6.45, 7) is 1.48. The molecular weight excluding hydrogens is 206 g/mol. The highest BCUT2D eigenvalue weighted by Gasteiger charge is 2.26. The molecule has 0 bridgehead atoms. The van der Waals surface area contributed by atoms with Crippen LogP contribution >= 0.6 is 11.6 Å². The zero-order valence-electron chi connectivity index (χ0n) is 7.64. The predicted octanol–water partition coefficient (Wildman–Crippen LogP) is -0.319. The van der Waals surface area contributed by atoms with Gasteiger partial charge in [-0.15, -0.1) is 0 Å². The van der Waals surface area contributed by atoms with Crippen molar-refractivity contribution in [2.75, 3.05) is 25.1 Å². The molecule has 1 fully saturated rings. The fourth-order valence-corrected chi connectivity index (χ4v) is 1.38. The Hall–Kier alpha value is -1.14. The van der Waals surface area contributed by atoms with E-state index >= 15 is 0 Å². The Morgan fingerprint density at radius 2 is 2.14 bits per heavy atom. The maximum Gasteiger partial charge on any atom is 0.322 e. The summed E-state index contributed by atoms with van der Waals surface area (Å²) < 4.78 is 4.88. The molecule has 1 saturated heterocycles. The molecule has 14 heavy (non-hydrogen) atoms. The Morgan fingerprint density at radius 3 is 2.71 bits per heavy atom. The van der Waals surface area contributed by atoms with Gasteiger partial charge in [-0.2, -0.15) is 15.0 Å². The molecule has 2 N–H and O–H groups in total. The molecule has 0 amide bonds. The topological polar surface area (TPSA) is 77.2 Å². The van der Waals surface area contributed by atoms with Gasteiger partial charge in [-0.3, -0.25) is 0 Å². The summed E-state index contributed by atoms with van der Waals surface area (Å²) in [5, 5.41) is 0.132. The number of rotatable bonds is 2. The van der Waals surface area contributed by atoms with Crippen LogP contribution in [0.3, 0.4) is 0 Å². The predicted molar refractivity (Wildman–Crippen MR) is 51.6 cm³/mol. The van der Waals surface area contributed by atoms with E-state index < -0.39 is 0 Å². The number of hydrogen-bond acceptors (Lipinski definition) is 6. The molecule has 76 valence electrons. The van der Waals surface area contributed by atoms with Gasteiger partial charge in [-0.25, -0.2) is 0 Å². The Kier molecular flexibility index (Phi) is 2.39. The average molecular weight is 216 g/mol. The molecule has 0 spiro atoms. The van der Waals surface area contributed by atoms with Crippen LogP contribution in [0.15, 0.2) is 0 Å². The normalized spacial score (nSPS) is 16.6. The van der Waals surface area contributed by atoms with Gasteiger partial charge < -0.3 is 15.4 Å². The van der Waals surface area contributed by atoms with Gasteiger partial charge in [-0.1, -0.05) is 0 Å². The summed E-state index contributed by atoms with van der Waals surface area (Å²) in [5.74, 6) is 0.517. The lowest BCUT2D eigenvalue weighted by Gasteiger charge is -2.36. The third-order valence-electron chi connectivity index (χ3n) is 1.95. The van der Waals surface area contributed by atoms with E-state index in [0.717, 1.165) is 13.1 Å². The van der Waals surface area contributed by atoms with Gasteiger partial charge in [0.15, 0.2) is 0 Å². The van der Waals surface area contributed by atoms with E-state index in [1.807, 2.05) is 4.90 Å². The second-order valence-corrected chi connectivity index (χ2v) is 3.39. The fraction of sp³-hybridized carbons (Fsp3) is 0.571. The van der Waals surface area contributed by atoms with Crippen molar-refractivity contribution in [3.8, 4) is 6.01 Å². The van der Waals surface area contributed by atoms with Crippen molar-refractivity contribution in [3.05, 3.63) is 5.28 Å². The zero-order valence-corrected chi connectivity index (χ0v) is 8.40. The zero-order chi connectivity index (χ0) is 10.1. The van der Waals surface area contributed by atoms with Crippen LogP contribution in [0.25, 0.3) is 0 Å². The van der Waals surface area contributed by atoms with Gasteiger partial charge in [-0.05, 0) is 11.6 Å². The third kappa shape index (κ3) is 1.71. The number of nitrogens with zero attached hydrogens (tertiary/aromatic N) is 4. The highest BCUT2D eigenvalue weighted by atomic mass is 35.5. The monoisotopic (exact) mass is 215 g/mol. The van der Waals surface area contributed by atoms with E-state index in [1.165, 1.54) is 7.11 Å².